The van der Waals surface area contributed by atoms with Crippen molar-refractivity contribution in [2.45, 2.75) is 11.3 Å². The summed E-state index contributed by atoms with van der Waals surface area (Å²) in [5, 5.41) is 4.83. The van der Waals surface area contributed by atoms with Gasteiger partial charge in [-0.15, -0.1) is 0 Å². The van der Waals surface area contributed by atoms with Crippen molar-refractivity contribution in [3.05, 3.63) is 16.2 Å². The van der Waals surface area contributed by atoms with Crippen LogP contribution >= 0.6 is 15.9 Å². The summed E-state index contributed by atoms with van der Waals surface area (Å²) in [6.45, 7) is 0. The topological polar surface area (TPSA) is 82.3 Å². The fourth-order valence-electron chi connectivity index (χ4n) is 1.02. The van der Waals surface area contributed by atoms with E-state index in [1.54, 1.807) is 0 Å². The largest absolute Gasteiger partial charge is 0.481 e. The number of hydrogen-bond acceptors (Lipinski definition) is 4. The van der Waals surface area contributed by atoms with Gasteiger partial charge in [0.2, 0.25) is 15.9 Å². The van der Waals surface area contributed by atoms with Gasteiger partial charge in [0.1, 0.15) is 4.90 Å². The van der Waals surface area contributed by atoms with Crippen LogP contribution in [-0.2, 0) is 10.0 Å². The fraction of sp³-hybridized carbons (Fsp3) is 0.286. The smallest absolute Gasteiger partial charge is 0.270 e. The first-order valence-electron chi connectivity index (χ1n) is 3.82. The van der Waals surface area contributed by atoms with Gasteiger partial charge in [0.15, 0.2) is 0 Å². The molecule has 1 rings (SSSR count). The number of alkyl halides is 2. The molecular weight excluding hydrogens is 310 g/mol. The van der Waals surface area contributed by atoms with Crippen molar-refractivity contribution in [3.8, 4) is 5.88 Å². The fourth-order valence-corrected chi connectivity index (χ4v) is 2.70. The molecule has 0 aliphatic rings. The molecule has 0 bridgehead atoms. The molecule has 0 spiro atoms. The first-order valence-corrected chi connectivity index (χ1v) is 6.16. The van der Waals surface area contributed by atoms with Gasteiger partial charge in [0.05, 0.1) is 23.3 Å². The molecule has 0 saturated heterocycles. The number of methoxy groups -OCH3 is 1. The van der Waals surface area contributed by atoms with E-state index in [9.17, 15) is 17.2 Å². The van der Waals surface area contributed by atoms with E-state index in [-0.39, 0.29) is 10.4 Å². The van der Waals surface area contributed by atoms with Crippen LogP contribution in [0, 0.1) is 0 Å². The monoisotopic (exact) mass is 316 g/mol. The van der Waals surface area contributed by atoms with Crippen LogP contribution in [-0.4, -0.2) is 20.5 Å². The van der Waals surface area contributed by atoms with Gasteiger partial charge in [-0.3, -0.25) is 0 Å². The number of primary sulfonamides is 1. The van der Waals surface area contributed by atoms with Crippen LogP contribution in [0.3, 0.4) is 0 Å². The molecule has 0 radical (unpaired) electrons. The lowest BCUT2D eigenvalue weighted by molar-refractivity contribution is 0.144. The average molecular weight is 317 g/mol. The highest BCUT2D eigenvalue weighted by Crippen LogP contribution is 2.37. The third-order valence-electron chi connectivity index (χ3n) is 1.70. The molecule has 1 heterocycles. The zero-order valence-electron chi connectivity index (χ0n) is 7.95. The average Bonchev–Trinajstić information content (AvgIpc) is 2.14. The second kappa shape index (κ2) is 4.60. The Balaban J connectivity index is 3.57. The van der Waals surface area contributed by atoms with Crippen LogP contribution in [0.2, 0.25) is 0 Å². The van der Waals surface area contributed by atoms with Gasteiger partial charge in [-0.1, -0.05) is 0 Å². The van der Waals surface area contributed by atoms with Gasteiger partial charge in [-0.05, 0) is 15.9 Å². The third-order valence-corrected chi connectivity index (χ3v) is 3.74. The Labute approximate surface area is 98.8 Å². The lowest BCUT2D eigenvalue weighted by Crippen LogP contribution is -2.14. The minimum atomic E-state index is -4.11. The summed E-state index contributed by atoms with van der Waals surface area (Å²) in [4.78, 5) is 2.94. The number of sulfonamides is 1. The molecule has 9 heteroatoms. The quantitative estimate of drug-likeness (QED) is 0.914. The number of pyridine rings is 1. The minimum Gasteiger partial charge on any atom is -0.481 e. The molecule has 0 fully saturated rings. The van der Waals surface area contributed by atoms with E-state index in [1.807, 2.05) is 0 Å². The standard InChI is InChI=1S/C7H7BrF2N2O3S/c1-15-7-4(6(9)10)5(8)3(2-12-7)16(11,13)14/h2,6H,1H3,(H2,11,13,14). The SMILES string of the molecule is COc1ncc(S(N)(=O)=O)c(Br)c1C(F)F. The van der Waals surface area contributed by atoms with Crippen LogP contribution < -0.4 is 9.88 Å². The van der Waals surface area contributed by atoms with Crippen LogP contribution in [0.15, 0.2) is 15.6 Å². The summed E-state index contributed by atoms with van der Waals surface area (Å²) in [7, 11) is -2.96. The van der Waals surface area contributed by atoms with Crippen LogP contribution in [0.5, 0.6) is 5.88 Å². The minimum absolute atomic E-state index is 0.336. The van der Waals surface area contributed by atoms with E-state index in [4.69, 9.17) is 5.14 Å². The van der Waals surface area contributed by atoms with Gasteiger partial charge in [-0.25, -0.2) is 27.3 Å². The van der Waals surface area contributed by atoms with Gasteiger partial charge >= 0.3 is 0 Å². The van der Waals surface area contributed by atoms with Crippen molar-refractivity contribution in [3.63, 3.8) is 0 Å². The molecule has 90 valence electrons. The van der Waals surface area contributed by atoms with E-state index >= 15 is 0 Å². The first-order chi connectivity index (χ1) is 7.29. The molecule has 1 aromatic heterocycles. The van der Waals surface area contributed by atoms with E-state index in [0.29, 0.717) is 0 Å². The third kappa shape index (κ3) is 2.47. The second-order valence-electron chi connectivity index (χ2n) is 2.71. The van der Waals surface area contributed by atoms with Gasteiger partial charge < -0.3 is 4.74 Å². The van der Waals surface area contributed by atoms with Crippen LogP contribution in [0.25, 0.3) is 0 Å². The molecule has 0 aliphatic carbocycles. The van der Waals surface area contributed by atoms with E-state index in [2.05, 4.69) is 25.7 Å². The number of aromatic nitrogens is 1. The summed E-state index contributed by atoms with van der Waals surface area (Å²) in [5.74, 6) is -0.353. The molecular formula is C7H7BrF2N2O3S. The molecule has 0 aromatic carbocycles. The Morgan fingerprint density at radius 2 is 2.12 bits per heavy atom. The lowest BCUT2D eigenvalue weighted by atomic mass is 10.3. The number of nitrogens with two attached hydrogens (primary N) is 1. The highest BCUT2D eigenvalue weighted by Gasteiger charge is 2.25. The van der Waals surface area contributed by atoms with Crippen molar-refractivity contribution in [2.75, 3.05) is 7.11 Å². The zero-order chi connectivity index (χ0) is 12.5. The summed E-state index contributed by atoms with van der Waals surface area (Å²) in [6.07, 6.45) is -2.08. The summed E-state index contributed by atoms with van der Waals surface area (Å²) < 4.78 is 51.7. The van der Waals surface area contributed by atoms with Gasteiger partial charge in [0, 0.05) is 0 Å². The number of ether oxygens (including phenoxy) is 1. The summed E-state index contributed by atoms with van der Waals surface area (Å²) >= 11 is 2.75. The Morgan fingerprint density at radius 3 is 2.50 bits per heavy atom. The van der Waals surface area contributed by atoms with Crippen LogP contribution in [0.1, 0.15) is 12.0 Å². The van der Waals surface area contributed by atoms with Gasteiger partial charge in [-0.2, -0.15) is 0 Å². The molecule has 5 nitrogen and oxygen atoms in total. The maximum absolute atomic E-state index is 12.7. The van der Waals surface area contributed by atoms with Crippen molar-refractivity contribution in [1.29, 1.82) is 0 Å². The molecule has 16 heavy (non-hydrogen) atoms. The Morgan fingerprint density at radius 1 is 1.56 bits per heavy atom. The van der Waals surface area contributed by atoms with E-state index in [1.165, 1.54) is 0 Å². The maximum Gasteiger partial charge on any atom is 0.270 e. The molecule has 0 amide bonds. The highest BCUT2D eigenvalue weighted by molar-refractivity contribution is 9.10. The molecule has 0 unspecified atom stereocenters. The Kier molecular flexibility index (Phi) is 3.81. The predicted octanol–water partition coefficient (Wildman–Crippen LogP) is 1.44. The lowest BCUT2D eigenvalue weighted by Gasteiger charge is -2.11. The molecule has 0 saturated carbocycles. The van der Waals surface area contributed by atoms with Crippen molar-refractivity contribution >= 4 is 26.0 Å². The normalized spacial score (nSPS) is 11.9. The predicted molar refractivity (Wildman–Crippen MR) is 54.8 cm³/mol. The number of halogens is 3. The van der Waals surface area contributed by atoms with Crippen molar-refractivity contribution in [1.82, 2.24) is 4.98 Å². The number of rotatable bonds is 3. The molecule has 1 aromatic rings. The Hall–Kier alpha value is -0.800. The maximum atomic E-state index is 12.7. The number of hydrogen-bond donors (Lipinski definition) is 1. The summed E-state index contributed by atoms with van der Waals surface area (Å²) in [5.41, 5.74) is -0.644. The van der Waals surface area contributed by atoms with Crippen molar-refractivity contribution < 1.29 is 21.9 Å². The van der Waals surface area contributed by atoms with Gasteiger partial charge in [0.25, 0.3) is 6.43 Å². The van der Waals surface area contributed by atoms with Crippen LogP contribution in [0.4, 0.5) is 8.78 Å². The van der Waals surface area contributed by atoms with Crippen molar-refractivity contribution in [2.24, 2.45) is 5.14 Å². The van der Waals surface area contributed by atoms with E-state index < -0.39 is 26.9 Å². The molecule has 0 atom stereocenters. The second-order valence-corrected chi connectivity index (χ2v) is 5.03. The first kappa shape index (κ1) is 13.3. The van der Waals surface area contributed by atoms with E-state index in [0.717, 1.165) is 13.3 Å². The summed E-state index contributed by atoms with van der Waals surface area (Å²) in [6, 6.07) is 0. The Bertz CT molecular complexity index is 507. The zero-order valence-corrected chi connectivity index (χ0v) is 10.3. The highest BCUT2D eigenvalue weighted by atomic mass is 79.9. The number of nitrogens with zero attached hydrogens (tertiary/aromatic N) is 1. The molecule has 2 N–H and O–H groups in total. The molecule has 0 aliphatic heterocycles.